The molecule has 1 heterocycles. The van der Waals surface area contributed by atoms with Crippen molar-refractivity contribution in [3.63, 3.8) is 0 Å². The van der Waals surface area contributed by atoms with Gasteiger partial charge in [-0.25, -0.2) is 0 Å². The third kappa shape index (κ3) is 6.74. The Kier molecular flexibility index (Phi) is 8.29. The van der Waals surface area contributed by atoms with Crippen LogP contribution in [0.25, 0.3) is 0 Å². The summed E-state index contributed by atoms with van der Waals surface area (Å²) in [6.45, 7) is 4.04. The molecule has 4 heteroatoms. The lowest BCUT2D eigenvalue weighted by Crippen LogP contribution is -2.40. The number of ether oxygens (including phenoxy) is 1. The van der Waals surface area contributed by atoms with Crippen LogP contribution in [0.1, 0.15) is 32.6 Å². The lowest BCUT2D eigenvalue weighted by atomic mass is 10.2. The molecule has 0 aromatic rings. The maximum atomic E-state index is 9.68. The first-order valence-electron chi connectivity index (χ1n) is 6.40. The highest BCUT2D eigenvalue weighted by Crippen LogP contribution is 2.16. The van der Waals surface area contributed by atoms with Gasteiger partial charge in [-0.15, -0.1) is 0 Å². The summed E-state index contributed by atoms with van der Waals surface area (Å²) in [6.07, 6.45) is 4.42. The maximum absolute atomic E-state index is 9.68. The summed E-state index contributed by atoms with van der Waals surface area (Å²) in [4.78, 5) is 0. The molecule has 0 spiro atoms. The second kappa shape index (κ2) is 9.28. The van der Waals surface area contributed by atoms with Crippen molar-refractivity contribution in [1.82, 2.24) is 5.32 Å². The first-order valence-corrected chi connectivity index (χ1v) is 7.55. The quantitative estimate of drug-likeness (QED) is 0.640. The zero-order valence-electron chi connectivity index (χ0n) is 10.3. The van der Waals surface area contributed by atoms with E-state index >= 15 is 0 Å². The van der Waals surface area contributed by atoms with Crippen molar-refractivity contribution >= 4 is 11.8 Å². The second-order valence-electron chi connectivity index (χ2n) is 4.40. The third-order valence-corrected chi connectivity index (χ3v) is 3.97. The number of hydrogen-bond acceptors (Lipinski definition) is 4. The topological polar surface area (TPSA) is 41.5 Å². The van der Waals surface area contributed by atoms with E-state index in [1.54, 1.807) is 0 Å². The van der Waals surface area contributed by atoms with Gasteiger partial charge in [0.1, 0.15) is 0 Å². The molecule has 0 aromatic carbocycles. The molecular formula is C12H25NO2S. The van der Waals surface area contributed by atoms with Gasteiger partial charge < -0.3 is 15.2 Å². The molecule has 2 unspecified atom stereocenters. The average Bonchev–Trinajstić information content (AvgIpc) is 2.33. The van der Waals surface area contributed by atoms with Crippen LogP contribution in [0.4, 0.5) is 0 Å². The molecule has 2 atom stereocenters. The van der Waals surface area contributed by atoms with E-state index < -0.39 is 0 Å². The molecule has 1 rings (SSSR count). The Morgan fingerprint density at radius 1 is 1.56 bits per heavy atom. The van der Waals surface area contributed by atoms with Gasteiger partial charge in [0.25, 0.3) is 0 Å². The van der Waals surface area contributed by atoms with E-state index in [0.717, 1.165) is 19.4 Å². The molecule has 1 saturated heterocycles. The van der Waals surface area contributed by atoms with E-state index in [0.29, 0.717) is 19.2 Å². The fourth-order valence-corrected chi connectivity index (χ4v) is 2.84. The number of thioether (sulfide) groups is 1. The summed E-state index contributed by atoms with van der Waals surface area (Å²) >= 11 is 2.00. The molecule has 1 fully saturated rings. The van der Waals surface area contributed by atoms with Crippen LogP contribution in [0.15, 0.2) is 0 Å². The van der Waals surface area contributed by atoms with Crippen molar-refractivity contribution in [1.29, 1.82) is 0 Å². The van der Waals surface area contributed by atoms with Gasteiger partial charge in [0.05, 0.1) is 12.7 Å². The summed E-state index contributed by atoms with van der Waals surface area (Å²) < 4.78 is 5.38. The predicted octanol–water partition coefficient (Wildman–Crippen LogP) is 1.65. The van der Waals surface area contributed by atoms with E-state index in [-0.39, 0.29) is 6.10 Å². The summed E-state index contributed by atoms with van der Waals surface area (Å²) in [5.41, 5.74) is 0. The first-order chi connectivity index (χ1) is 7.83. The molecule has 96 valence electrons. The van der Waals surface area contributed by atoms with Crippen molar-refractivity contribution in [2.45, 2.75) is 44.8 Å². The zero-order valence-corrected chi connectivity index (χ0v) is 11.1. The Morgan fingerprint density at radius 2 is 2.44 bits per heavy atom. The standard InChI is InChI=1S/C12H25NO2S/c1-2-3-6-15-9-12(14)8-13-11-5-4-7-16-10-11/h11-14H,2-10H2,1H3. The van der Waals surface area contributed by atoms with Gasteiger partial charge in [-0.1, -0.05) is 13.3 Å². The van der Waals surface area contributed by atoms with Crippen LogP contribution in [0.5, 0.6) is 0 Å². The van der Waals surface area contributed by atoms with E-state index in [1.807, 2.05) is 11.8 Å². The van der Waals surface area contributed by atoms with E-state index in [4.69, 9.17) is 4.74 Å². The Bertz CT molecular complexity index is 163. The molecule has 0 radical (unpaired) electrons. The molecule has 2 N–H and O–H groups in total. The Labute approximate surface area is 103 Å². The monoisotopic (exact) mass is 247 g/mol. The maximum Gasteiger partial charge on any atom is 0.0897 e. The largest absolute Gasteiger partial charge is 0.389 e. The molecule has 0 bridgehead atoms. The molecule has 3 nitrogen and oxygen atoms in total. The normalized spacial score (nSPS) is 23.2. The van der Waals surface area contributed by atoms with Crippen LogP contribution in [-0.4, -0.2) is 48.5 Å². The highest BCUT2D eigenvalue weighted by Gasteiger charge is 2.14. The van der Waals surface area contributed by atoms with Crippen molar-refractivity contribution in [3.05, 3.63) is 0 Å². The van der Waals surface area contributed by atoms with Gasteiger partial charge in [-0.05, 0) is 25.0 Å². The lowest BCUT2D eigenvalue weighted by Gasteiger charge is -2.23. The molecule has 0 aliphatic carbocycles. The van der Waals surface area contributed by atoms with Crippen molar-refractivity contribution < 1.29 is 9.84 Å². The first kappa shape index (κ1) is 14.3. The molecule has 1 aliphatic heterocycles. The molecule has 16 heavy (non-hydrogen) atoms. The second-order valence-corrected chi connectivity index (χ2v) is 5.55. The van der Waals surface area contributed by atoms with Crippen LogP contribution in [0.2, 0.25) is 0 Å². The molecular weight excluding hydrogens is 222 g/mol. The fourth-order valence-electron chi connectivity index (χ4n) is 1.73. The van der Waals surface area contributed by atoms with Gasteiger partial charge >= 0.3 is 0 Å². The van der Waals surface area contributed by atoms with Gasteiger partial charge in [0.2, 0.25) is 0 Å². The van der Waals surface area contributed by atoms with E-state index in [2.05, 4.69) is 12.2 Å². The predicted molar refractivity (Wildman–Crippen MR) is 70.1 cm³/mol. The minimum Gasteiger partial charge on any atom is -0.389 e. The minimum atomic E-state index is -0.358. The number of nitrogens with one attached hydrogen (secondary N) is 1. The lowest BCUT2D eigenvalue weighted by molar-refractivity contribution is 0.0347. The Morgan fingerprint density at radius 3 is 3.12 bits per heavy atom. The smallest absolute Gasteiger partial charge is 0.0897 e. The van der Waals surface area contributed by atoms with E-state index in [1.165, 1.54) is 24.3 Å². The van der Waals surface area contributed by atoms with Gasteiger partial charge in [0, 0.05) is 24.9 Å². The number of unbranched alkanes of at least 4 members (excludes halogenated alkanes) is 1. The highest BCUT2D eigenvalue weighted by atomic mass is 32.2. The highest BCUT2D eigenvalue weighted by molar-refractivity contribution is 7.99. The molecule has 0 amide bonds. The van der Waals surface area contributed by atoms with Crippen LogP contribution >= 0.6 is 11.8 Å². The SMILES string of the molecule is CCCCOCC(O)CNC1CCCSC1. The van der Waals surface area contributed by atoms with Gasteiger partial charge in [0.15, 0.2) is 0 Å². The van der Waals surface area contributed by atoms with Crippen molar-refractivity contribution in [2.24, 2.45) is 0 Å². The summed E-state index contributed by atoms with van der Waals surface area (Å²) in [6, 6.07) is 0.587. The number of hydrogen-bond donors (Lipinski definition) is 2. The van der Waals surface area contributed by atoms with Crippen LogP contribution in [-0.2, 0) is 4.74 Å². The van der Waals surface area contributed by atoms with Gasteiger partial charge in [-0.2, -0.15) is 11.8 Å². The number of rotatable bonds is 8. The van der Waals surface area contributed by atoms with Crippen LogP contribution in [0.3, 0.4) is 0 Å². The van der Waals surface area contributed by atoms with Crippen molar-refractivity contribution in [2.75, 3.05) is 31.3 Å². The van der Waals surface area contributed by atoms with E-state index in [9.17, 15) is 5.11 Å². The summed E-state index contributed by atoms with van der Waals surface area (Å²) in [5, 5.41) is 13.1. The minimum absolute atomic E-state index is 0.358. The van der Waals surface area contributed by atoms with Gasteiger partial charge in [-0.3, -0.25) is 0 Å². The Balaban J connectivity index is 1.94. The third-order valence-electron chi connectivity index (χ3n) is 2.75. The summed E-state index contributed by atoms with van der Waals surface area (Å²) in [5.74, 6) is 2.48. The Hall–Kier alpha value is 0.230. The summed E-state index contributed by atoms with van der Waals surface area (Å²) in [7, 11) is 0. The van der Waals surface area contributed by atoms with Crippen LogP contribution in [0, 0.1) is 0 Å². The van der Waals surface area contributed by atoms with Crippen molar-refractivity contribution in [3.8, 4) is 0 Å². The average molecular weight is 247 g/mol. The number of aliphatic hydroxyl groups excluding tert-OH is 1. The molecule has 1 aliphatic rings. The van der Waals surface area contributed by atoms with Crippen LogP contribution < -0.4 is 5.32 Å². The molecule has 0 aromatic heterocycles. The number of aliphatic hydroxyl groups is 1. The molecule has 0 saturated carbocycles. The fraction of sp³-hybridized carbons (Fsp3) is 1.00. The zero-order chi connectivity index (χ0) is 11.6.